The first-order valence-electron chi connectivity index (χ1n) is 5.66. The number of sulfonamides is 1. The Balaban J connectivity index is 2.98. The van der Waals surface area contributed by atoms with Gasteiger partial charge in [0.25, 0.3) is 5.69 Å². The topological polar surface area (TPSA) is 132 Å². The minimum Gasteiger partial charge on any atom is -0.399 e. The summed E-state index contributed by atoms with van der Waals surface area (Å²) in [6, 6.07) is 3.33. The van der Waals surface area contributed by atoms with Crippen molar-refractivity contribution in [1.29, 1.82) is 0 Å². The molecule has 0 spiro atoms. The number of nitrogens with two attached hydrogens (primary N) is 1. The summed E-state index contributed by atoms with van der Waals surface area (Å²) in [5, 5.41) is 10.9. The van der Waals surface area contributed by atoms with Gasteiger partial charge in [0, 0.05) is 40.6 Å². The van der Waals surface area contributed by atoms with Crippen molar-refractivity contribution >= 4 is 32.2 Å². The lowest BCUT2D eigenvalue weighted by molar-refractivity contribution is -0.387. The monoisotopic (exact) mass is 321 g/mol. The Labute approximate surface area is 119 Å². The second kappa shape index (κ2) is 6.77. The van der Waals surface area contributed by atoms with E-state index in [0.29, 0.717) is 5.75 Å². The van der Waals surface area contributed by atoms with E-state index in [1.807, 2.05) is 0 Å². The number of nitro groups is 1. The molecule has 1 aromatic carbocycles. The van der Waals surface area contributed by atoms with Crippen LogP contribution in [0.2, 0.25) is 0 Å². The van der Waals surface area contributed by atoms with Gasteiger partial charge in [-0.15, -0.1) is 0 Å². The summed E-state index contributed by atoms with van der Waals surface area (Å²) in [6.45, 7) is 1.67. The fourth-order valence-electron chi connectivity index (χ4n) is 1.42. The zero-order chi connectivity index (χ0) is 15.3. The molecule has 0 heterocycles. The molecule has 8 nitrogen and oxygen atoms in total. The predicted octanol–water partition coefficient (Wildman–Crippen LogP) is 0.224. The zero-order valence-corrected chi connectivity index (χ0v) is 12.4. The molecular formula is C10H15N3O5S2. The number of anilines is 1. The molecule has 1 unspecified atom stereocenters. The molecule has 0 aliphatic carbocycles. The Morgan fingerprint density at radius 3 is 2.65 bits per heavy atom. The van der Waals surface area contributed by atoms with Gasteiger partial charge in [-0.1, -0.05) is 6.92 Å². The summed E-state index contributed by atoms with van der Waals surface area (Å²) < 4.78 is 37.4. The van der Waals surface area contributed by atoms with E-state index in [2.05, 4.69) is 4.72 Å². The summed E-state index contributed by atoms with van der Waals surface area (Å²) in [4.78, 5) is 9.59. The van der Waals surface area contributed by atoms with Gasteiger partial charge in [-0.3, -0.25) is 14.3 Å². The van der Waals surface area contributed by atoms with Gasteiger partial charge in [0.1, 0.15) is 0 Å². The van der Waals surface area contributed by atoms with E-state index in [-0.39, 0.29) is 18.0 Å². The van der Waals surface area contributed by atoms with Crippen molar-refractivity contribution in [2.75, 3.05) is 23.8 Å². The molecule has 10 heteroatoms. The van der Waals surface area contributed by atoms with Crippen LogP contribution in [0.15, 0.2) is 23.1 Å². The van der Waals surface area contributed by atoms with Gasteiger partial charge in [-0.05, 0) is 12.1 Å². The van der Waals surface area contributed by atoms with Crippen molar-refractivity contribution in [1.82, 2.24) is 4.72 Å². The second-order valence-corrected chi connectivity index (χ2v) is 7.42. The fourth-order valence-corrected chi connectivity index (χ4v) is 3.35. The summed E-state index contributed by atoms with van der Waals surface area (Å²) in [5.41, 5.74) is 4.92. The molecule has 0 aliphatic rings. The van der Waals surface area contributed by atoms with Gasteiger partial charge >= 0.3 is 0 Å². The first kappa shape index (κ1) is 16.5. The third kappa shape index (κ3) is 4.25. The standard InChI is InChI=1S/C10H15N3O5S2/c1-2-19(16)6-5-12-20(17,18)10-4-3-8(11)7-9(10)13(14)15/h3-4,7,12H,2,5-6,11H2,1H3. The van der Waals surface area contributed by atoms with Crippen LogP contribution < -0.4 is 10.5 Å². The number of benzene rings is 1. The Hall–Kier alpha value is -1.52. The molecule has 0 saturated heterocycles. The quantitative estimate of drug-likeness (QED) is 0.419. The SMILES string of the molecule is CCS(=O)CCNS(=O)(=O)c1ccc(N)cc1[N+](=O)[O-]. The summed E-state index contributed by atoms with van der Waals surface area (Å²) in [7, 11) is -5.15. The van der Waals surface area contributed by atoms with Crippen LogP contribution >= 0.6 is 0 Å². The molecule has 3 N–H and O–H groups in total. The van der Waals surface area contributed by atoms with E-state index in [1.165, 1.54) is 6.07 Å². The van der Waals surface area contributed by atoms with Crippen LogP contribution in [0.1, 0.15) is 6.92 Å². The number of nitrogen functional groups attached to an aromatic ring is 1. The average molecular weight is 321 g/mol. The fraction of sp³-hybridized carbons (Fsp3) is 0.400. The maximum absolute atomic E-state index is 12.0. The lowest BCUT2D eigenvalue weighted by Gasteiger charge is -2.07. The van der Waals surface area contributed by atoms with E-state index in [1.54, 1.807) is 6.92 Å². The van der Waals surface area contributed by atoms with Gasteiger partial charge in [0.05, 0.1) is 4.92 Å². The molecule has 1 rings (SSSR count). The van der Waals surface area contributed by atoms with Crippen LogP contribution in [0.3, 0.4) is 0 Å². The summed E-state index contributed by atoms with van der Waals surface area (Å²) >= 11 is 0. The highest BCUT2D eigenvalue weighted by atomic mass is 32.2. The van der Waals surface area contributed by atoms with Crippen LogP contribution in [0.4, 0.5) is 11.4 Å². The number of rotatable bonds is 7. The minimum absolute atomic E-state index is 0.0513. The number of nitrogens with one attached hydrogen (secondary N) is 1. The Morgan fingerprint density at radius 1 is 1.45 bits per heavy atom. The van der Waals surface area contributed by atoms with Crippen molar-refractivity contribution in [3.8, 4) is 0 Å². The zero-order valence-electron chi connectivity index (χ0n) is 10.7. The highest BCUT2D eigenvalue weighted by molar-refractivity contribution is 7.89. The first-order chi connectivity index (χ1) is 9.27. The highest BCUT2D eigenvalue weighted by Gasteiger charge is 2.25. The molecule has 0 aliphatic heterocycles. The van der Waals surface area contributed by atoms with Crippen molar-refractivity contribution in [3.63, 3.8) is 0 Å². The van der Waals surface area contributed by atoms with Crippen LogP contribution in [0, 0.1) is 10.1 Å². The highest BCUT2D eigenvalue weighted by Crippen LogP contribution is 2.25. The van der Waals surface area contributed by atoms with Crippen LogP contribution in [0.25, 0.3) is 0 Å². The average Bonchev–Trinajstić information content (AvgIpc) is 2.37. The summed E-state index contributed by atoms with van der Waals surface area (Å²) in [6.07, 6.45) is 0. The minimum atomic E-state index is -4.04. The summed E-state index contributed by atoms with van der Waals surface area (Å²) in [5.74, 6) is 0.572. The van der Waals surface area contributed by atoms with Gasteiger partial charge in [-0.2, -0.15) is 0 Å². The lowest BCUT2D eigenvalue weighted by Crippen LogP contribution is -2.28. The van der Waals surface area contributed by atoms with E-state index in [0.717, 1.165) is 12.1 Å². The second-order valence-electron chi connectivity index (χ2n) is 3.81. The van der Waals surface area contributed by atoms with Gasteiger partial charge in [0.15, 0.2) is 4.90 Å². The third-order valence-corrected chi connectivity index (χ3v) is 5.22. The van der Waals surface area contributed by atoms with Crippen molar-refractivity contribution in [2.24, 2.45) is 0 Å². The van der Waals surface area contributed by atoms with Gasteiger partial charge in [-0.25, -0.2) is 13.1 Å². The number of nitro benzene ring substituents is 1. The molecule has 1 atom stereocenters. The molecule has 0 aromatic heterocycles. The molecule has 0 fully saturated rings. The lowest BCUT2D eigenvalue weighted by atomic mass is 10.3. The Kier molecular flexibility index (Phi) is 5.60. The molecule has 0 saturated carbocycles. The largest absolute Gasteiger partial charge is 0.399 e. The van der Waals surface area contributed by atoms with Crippen LogP contribution in [0.5, 0.6) is 0 Å². The predicted molar refractivity (Wildman–Crippen MR) is 76.2 cm³/mol. The molecule has 112 valence electrons. The maximum atomic E-state index is 12.0. The Bertz CT molecular complexity index is 630. The normalized spacial score (nSPS) is 13.1. The Morgan fingerprint density at radius 2 is 2.10 bits per heavy atom. The number of nitrogens with zero attached hydrogens (tertiary/aromatic N) is 1. The van der Waals surface area contributed by atoms with Crippen LogP contribution in [-0.2, 0) is 20.8 Å². The molecule has 20 heavy (non-hydrogen) atoms. The smallest absolute Gasteiger partial charge is 0.291 e. The molecular weight excluding hydrogens is 306 g/mol. The van der Waals surface area contributed by atoms with Gasteiger partial charge in [0.2, 0.25) is 10.0 Å². The van der Waals surface area contributed by atoms with Crippen molar-refractivity contribution in [3.05, 3.63) is 28.3 Å². The maximum Gasteiger partial charge on any atom is 0.291 e. The number of hydrogen-bond donors (Lipinski definition) is 2. The van der Waals surface area contributed by atoms with E-state index in [9.17, 15) is 22.7 Å². The molecule has 0 amide bonds. The molecule has 0 bridgehead atoms. The molecule has 1 aromatic rings. The van der Waals surface area contributed by atoms with Crippen LogP contribution in [-0.4, -0.2) is 35.6 Å². The third-order valence-electron chi connectivity index (χ3n) is 2.41. The van der Waals surface area contributed by atoms with Crippen molar-refractivity contribution < 1.29 is 17.6 Å². The van der Waals surface area contributed by atoms with E-state index < -0.39 is 36.3 Å². The van der Waals surface area contributed by atoms with E-state index >= 15 is 0 Å². The molecule has 0 radical (unpaired) electrons. The van der Waals surface area contributed by atoms with E-state index in [4.69, 9.17) is 5.73 Å². The van der Waals surface area contributed by atoms with Crippen molar-refractivity contribution in [2.45, 2.75) is 11.8 Å². The first-order valence-corrected chi connectivity index (χ1v) is 8.63. The van der Waals surface area contributed by atoms with Gasteiger partial charge < -0.3 is 5.73 Å². The number of hydrogen-bond acceptors (Lipinski definition) is 6.